The predicted molar refractivity (Wildman–Crippen MR) is 135 cm³/mol. The molecule has 0 amide bonds. The van der Waals surface area contributed by atoms with E-state index in [0.717, 1.165) is 6.42 Å². The first kappa shape index (κ1) is 25.0. The van der Waals surface area contributed by atoms with Gasteiger partial charge in [0.05, 0.1) is 19.5 Å². The van der Waals surface area contributed by atoms with E-state index in [9.17, 15) is 10.2 Å². The van der Waals surface area contributed by atoms with E-state index in [1.165, 1.54) is 44.8 Å². The third-order valence-electron chi connectivity index (χ3n) is 7.11. The third-order valence-corrected chi connectivity index (χ3v) is 7.11. The van der Waals surface area contributed by atoms with E-state index < -0.39 is 24.5 Å². The largest absolute Gasteiger partial charge is 0.387 e. The summed E-state index contributed by atoms with van der Waals surface area (Å²) in [6, 6.07) is 10.8. The molecule has 4 unspecified atom stereocenters. The number of hydrogen-bond acceptors (Lipinski definition) is 9. The summed E-state index contributed by atoms with van der Waals surface area (Å²) in [6.45, 7) is 1.41. The van der Waals surface area contributed by atoms with Crippen molar-refractivity contribution in [2.24, 2.45) is 0 Å². The summed E-state index contributed by atoms with van der Waals surface area (Å²) in [4.78, 5) is 14.2. The standard InChI is InChI=1S/C26H36N6O4/c1-35-15-19-22(33)23(34)26(36-19)32-16-29-21-24(27-13-12-17-8-4-2-5-9-17)30-20(31-25(21)32)14-28-18-10-6-3-7-11-18/h2,4-5,8-9,16,18-19,22-23,26,28,33-34H,3,6-7,10-15H2,1H3,(H,27,30,31). The normalized spacial score (nSPS) is 25.0. The van der Waals surface area contributed by atoms with Crippen LogP contribution in [0.3, 0.4) is 0 Å². The van der Waals surface area contributed by atoms with E-state index in [2.05, 4.69) is 27.8 Å². The number of fused-ring (bicyclic) bond motifs is 1. The van der Waals surface area contributed by atoms with Gasteiger partial charge in [-0.1, -0.05) is 49.6 Å². The van der Waals surface area contributed by atoms with E-state index in [1.807, 2.05) is 18.2 Å². The van der Waals surface area contributed by atoms with Crippen molar-refractivity contribution >= 4 is 17.0 Å². The summed E-state index contributed by atoms with van der Waals surface area (Å²) in [6.07, 6.45) is 4.93. The van der Waals surface area contributed by atoms with Crippen molar-refractivity contribution in [2.45, 2.75) is 75.7 Å². The van der Waals surface area contributed by atoms with Crippen LogP contribution >= 0.6 is 0 Å². The van der Waals surface area contributed by atoms with Crippen molar-refractivity contribution in [1.29, 1.82) is 0 Å². The molecular formula is C26H36N6O4. The Morgan fingerprint density at radius 3 is 2.67 bits per heavy atom. The van der Waals surface area contributed by atoms with Crippen LogP contribution in [0.1, 0.15) is 49.7 Å². The SMILES string of the molecule is COCC1OC(n2cnc3c(NCCc4ccccc4)nc(CNC4CCCCC4)nc32)C(O)C1O. The number of aliphatic hydroxyl groups is 2. The van der Waals surface area contributed by atoms with Crippen LogP contribution in [-0.2, 0) is 22.4 Å². The molecule has 0 radical (unpaired) electrons. The van der Waals surface area contributed by atoms with Crippen LogP contribution in [0.4, 0.5) is 5.82 Å². The first-order valence-corrected chi connectivity index (χ1v) is 12.9. The quantitative estimate of drug-likeness (QED) is 0.334. The molecule has 10 nitrogen and oxygen atoms in total. The average Bonchev–Trinajstić information content (AvgIpc) is 3.45. The molecule has 2 aromatic heterocycles. The van der Waals surface area contributed by atoms with Crippen LogP contribution in [0.5, 0.6) is 0 Å². The zero-order valence-corrected chi connectivity index (χ0v) is 20.7. The molecule has 4 atom stereocenters. The molecule has 36 heavy (non-hydrogen) atoms. The smallest absolute Gasteiger partial charge is 0.168 e. The maximum absolute atomic E-state index is 10.7. The van der Waals surface area contributed by atoms with Crippen molar-refractivity contribution < 1.29 is 19.7 Å². The fourth-order valence-electron chi connectivity index (χ4n) is 5.12. The third kappa shape index (κ3) is 5.52. The lowest BCUT2D eigenvalue weighted by Gasteiger charge is -2.22. The number of nitrogens with zero attached hydrogens (tertiary/aromatic N) is 4. The second kappa shape index (κ2) is 11.6. The number of rotatable bonds is 10. The molecule has 2 fully saturated rings. The minimum Gasteiger partial charge on any atom is -0.387 e. The fourth-order valence-corrected chi connectivity index (χ4v) is 5.12. The summed E-state index contributed by atoms with van der Waals surface area (Å²) >= 11 is 0. The molecule has 1 saturated heterocycles. The molecule has 194 valence electrons. The number of hydrogen-bond donors (Lipinski definition) is 4. The highest BCUT2D eigenvalue weighted by molar-refractivity contribution is 5.83. The zero-order chi connectivity index (χ0) is 24.9. The topological polar surface area (TPSA) is 127 Å². The Morgan fingerprint density at radius 2 is 1.89 bits per heavy atom. The van der Waals surface area contributed by atoms with Crippen LogP contribution in [0, 0.1) is 0 Å². The highest BCUT2D eigenvalue weighted by Gasteiger charge is 2.44. The number of aliphatic hydroxyl groups excluding tert-OH is 2. The Kier molecular flexibility index (Phi) is 8.08. The maximum Gasteiger partial charge on any atom is 0.168 e. The molecule has 1 aliphatic carbocycles. The van der Waals surface area contributed by atoms with Gasteiger partial charge in [-0.2, -0.15) is 0 Å². The van der Waals surface area contributed by atoms with E-state index in [1.54, 1.807) is 10.9 Å². The first-order chi connectivity index (χ1) is 17.6. The summed E-state index contributed by atoms with van der Waals surface area (Å²) in [5, 5.41) is 28.2. The van der Waals surface area contributed by atoms with E-state index >= 15 is 0 Å². The molecule has 0 spiro atoms. The van der Waals surface area contributed by atoms with Crippen molar-refractivity contribution in [3.05, 3.63) is 48.0 Å². The van der Waals surface area contributed by atoms with E-state index in [0.29, 0.717) is 41.9 Å². The van der Waals surface area contributed by atoms with Crippen LogP contribution in [0.15, 0.2) is 36.7 Å². The summed E-state index contributed by atoms with van der Waals surface area (Å²) in [7, 11) is 1.54. The van der Waals surface area contributed by atoms with Gasteiger partial charge in [-0.25, -0.2) is 15.0 Å². The molecule has 2 aliphatic rings. The number of ether oxygens (including phenoxy) is 2. The van der Waals surface area contributed by atoms with Gasteiger partial charge >= 0.3 is 0 Å². The first-order valence-electron chi connectivity index (χ1n) is 12.9. The minimum absolute atomic E-state index is 0.180. The number of benzene rings is 1. The minimum atomic E-state index is -1.13. The Bertz CT molecular complexity index is 1120. The molecule has 3 heterocycles. The van der Waals surface area contributed by atoms with Crippen molar-refractivity contribution in [3.63, 3.8) is 0 Å². The summed E-state index contributed by atoms with van der Waals surface area (Å²) < 4.78 is 12.8. The molecular weight excluding hydrogens is 460 g/mol. The Hall–Kier alpha value is -2.63. The summed E-state index contributed by atoms with van der Waals surface area (Å²) in [5.41, 5.74) is 2.40. The van der Waals surface area contributed by atoms with Crippen LogP contribution < -0.4 is 10.6 Å². The highest BCUT2D eigenvalue weighted by Crippen LogP contribution is 2.32. The van der Waals surface area contributed by atoms with Crippen molar-refractivity contribution in [1.82, 2.24) is 24.8 Å². The average molecular weight is 497 g/mol. The molecule has 1 aromatic carbocycles. The van der Waals surface area contributed by atoms with Gasteiger partial charge in [0.2, 0.25) is 0 Å². The molecule has 5 rings (SSSR count). The summed E-state index contributed by atoms with van der Waals surface area (Å²) in [5.74, 6) is 1.30. The zero-order valence-electron chi connectivity index (χ0n) is 20.7. The lowest BCUT2D eigenvalue weighted by Crippen LogP contribution is -2.33. The Labute approximate surface area is 211 Å². The van der Waals surface area contributed by atoms with Gasteiger partial charge in [-0.15, -0.1) is 0 Å². The Balaban J connectivity index is 1.40. The van der Waals surface area contributed by atoms with Gasteiger partial charge in [0.25, 0.3) is 0 Å². The molecule has 10 heteroatoms. The van der Waals surface area contributed by atoms with Gasteiger partial charge in [-0.3, -0.25) is 4.57 Å². The molecule has 1 saturated carbocycles. The lowest BCUT2D eigenvalue weighted by molar-refractivity contribution is -0.0580. The molecule has 1 aliphatic heterocycles. The van der Waals surface area contributed by atoms with Crippen LogP contribution in [0.25, 0.3) is 11.2 Å². The number of aromatic nitrogens is 4. The molecule has 3 aromatic rings. The number of nitrogens with one attached hydrogen (secondary N) is 2. The highest BCUT2D eigenvalue weighted by atomic mass is 16.6. The maximum atomic E-state index is 10.7. The van der Waals surface area contributed by atoms with Gasteiger partial charge in [-0.05, 0) is 24.8 Å². The second-order valence-corrected chi connectivity index (χ2v) is 9.69. The molecule has 4 N–H and O–H groups in total. The van der Waals surface area contributed by atoms with Crippen LogP contribution in [0.2, 0.25) is 0 Å². The number of anilines is 1. The monoisotopic (exact) mass is 496 g/mol. The fraction of sp³-hybridized carbons (Fsp3) is 0.577. The van der Waals surface area contributed by atoms with Crippen molar-refractivity contribution in [2.75, 3.05) is 25.6 Å². The lowest BCUT2D eigenvalue weighted by atomic mass is 9.95. The van der Waals surface area contributed by atoms with Gasteiger partial charge in [0.15, 0.2) is 23.2 Å². The van der Waals surface area contributed by atoms with Gasteiger partial charge in [0, 0.05) is 19.7 Å². The predicted octanol–water partition coefficient (Wildman–Crippen LogP) is 2.17. The van der Waals surface area contributed by atoms with Crippen molar-refractivity contribution in [3.8, 4) is 0 Å². The van der Waals surface area contributed by atoms with E-state index in [4.69, 9.17) is 19.4 Å². The molecule has 0 bridgehead atoms. The van der Waals surface area contributed by atoms with E-state index in [-0.39, 0.29) is 6.61 Å². The number of imidazole rings is 1. The van der Waals surface area contributed by atoms with Gasteiger partial charge in [0.1, 0.15) is 24.1 Å². The van der Waals surface area contributed by atoms with Crippen LogP contribution in [-0.4, -0.2) is 74.3 Å². The van der Waals surface area contributed by atoms with Gasteiger partial charge < -0.3 is 30.3 Å². The number of methoxy groups -OCH3 is 1. The Morgan fingerprint density at radius 1 is 1.08 bits per heavy atom. The second-order valence-electron chi connectivity index (χ2n) is 9.69.